The number of hydrogen-bond donors (Lipinski definition) is 1. The summed E-state index contributed by atoms with van der Waals surface area (Å²) in [4.78, 5) is 13.4. The average molecular weight is 263 g/mol. The summed E-state index contributed by atoms with van der Waals surface area (Å²) in [5.41, 5.74) is 0. The first kappa shape index (κ1) is 14.1. The SMILES string of the molecule is CNCCN(C)c1cc(N2CCCCCC2)ncn1. The van der Waals surface area contributed by atoms with Crippen molar-refractivity contribution in [3.63, 3.8) is 0 Å². The Hall–Kier alpha value is -1.36. The first-order chi connectivity index (χ1) is 9.31. The Kier molecular flexibility index (Phi) is 5.39. The summed E-state index contributed by atoms with van der Waals surface area (Å²) < 4.78 is 0. The van der Waals surface area contributed by atoms with Gasteiger partial charge in [-0.25, -0.2) is 9.97 Å². The molecular formula is C14H25N5. The number of likely N-dealkylation sites (N-methyl/N-ethyl adjacent to an activating group) is 2. The van der Waals surface area contributed by atoms with Crippen LogP contribution in [0.25, 0.3) is 0 Å². The third kappa shape index (κ3) is 4.06. The van der Waals surface area contributed by atoms with Crippen LogP contribution in [0.3, 0.4) is 0 Å². The molecule has 1 saturated heterocycles. The molecule has 1 aliphatic heterocycles. The minimum atomic E-state index is 0.951. The summed E-state index contributed by atoms with van der Waals surface area (Å²) >= 11 is 0. The maximum absolute atomic E-state index is 4.44. The topological polar surface area (TPSA) is 44.3 Å². The quantitative estimate of drug-likeness (QED) is 0.872. The van der Waals surface area contributed by atoms with E-state index in [0.717, 1.165) is 37.8 Å². The molecule has 2 heterocycles. The van der Waals surface area contributed by atoms with Crippen LogP contribution >= 0.6 is 0 Å². The van der Waals surface area contributed by atoms with E-state index in [9.17, 15) is 0 Å². The molecule has 0 saturated carbocycles. The second-order valence-corrected chi connectivity index (χ2v) is 5.16. The average Bonchev–Trinajstić information content (AvgIpc) is 2.74. The van der Waals surface area contributed by atoms with Crippen LogP contribution in [-0.4, -0.2) is 50.2 Å². The van der Waals surface area contributed by atoms with E-state index in [4.69, 9.17) is 0 Å². The number of aromatic nitrogens is 2. The summed E-state index contributed by atoms with van der Waals surface area (Å²) in [6.45, 7) is 4.15. The van der Waals surface area contributed by atoms with Crippen LogP contribution in [0.15, 0.2) is 12.4 Å². The number of rotatable bonds is 5. The van der Waals surface area contributed by atoms with Gasteiger partial charge < -0.3 is 15.1 Å². The molecule has 5 heteroatoms. The predicted molar refractivity (Wildman–Crippen MR) is 79.9 cm³/mol. The minimum Gasteiger partial charge on any atom is -0.358 e. The van der Waals surface area contributed by atoms with Crippen LogP contribution in [0, 0.1) is 0 Å². The summed E-state index contributed by atoms with van der Waals surface area (Å²) in [5.74, 6) is 2.08. The standard InChI is InChI=1S/C14H25N5/c1-15-7-10-18(2)13-11-14(17-12-16-13)19-8-5-3-4-6-9-19/h11-12,15H,3-10H2,1-2H3. The Morgan fingerprint density at radius 1 is 1.21 bits per heavy atom. The zero-order valence-electron chi connectivity index (χ0n) is 12.1. The van der Waals surface area contributed by atoms with E-state index >= 15 is 0 Å². The van der Waals surface area contributed by atoms with Gasteiger partial charge >= 0.3 is 0 Å². The second kappa shape index (κ2) is 7.28. The molecule has 19 heavy (non-hydrogen) atoms. The first-order valence-electron chi connectivity index (χ1n) is 7.24. The molecule has 1 aliphatic rings. The minimum absolute atomic E-state index is 0.951. The van der Waals surface area contributed by atoms with E-state index in [0.29, 0.717) is 0 Å². The molecule has 5 nitrogen and oxygen atoms in total. The lowest BCUT2D eigenvalue weighted by Crippen LogP contribution is -2.29. The number of nitrogens with one attached hydrogen (secondary N) is 1. The Labute approximate surface area is 116 Å². The van der Waals surface area contributed by atoms with Crippen LogP contribution in [0.4, 0.5) is 11.6 Å². The fourth-order valence-corrected chi connectivity index (χ4v) is 2.41. The molecule has 2 rings (SSSR count). The van der Waals surface area contributed by atoms with Gasteiger partial charge in [-0.05, 0) is 19.9 Å². The molecule has 0 unspecified atom stereocenters. The fraction of sp³-hybridized carbons (Fsp3) is 0.714. The monoisotopic (exact) mass is 263 g/mol. The van der Waals surface area contributed by atoms with E-state index < -0.39 is 0 Å². The largest absolute Gasteiger partial charge is 0.358 e. The van der Waals surface area contributed by atoms with E-state index in [1.54, 1.807) is 6.33 Å². The summed E-state index contributed by atoms with van der Waals surface area (Å²) in [5, 5.41) is 3.16. The van der Waals surface area contributed by atoms with Crippen LogP contribution in [-0.2, 0) is 0 Å². The highest BCUT2D eigenvalue weighted by Crippen LogP contribution is 2.20. The highest BCUT2D eigenvalue weighted by atomic mass is 15.2. The fourth-order valence-electron chi connectivity index (χ4n) is 2.41. The lowest BCUT2D eigenvalue weighted by Gasteiger charge is -2.23. The Bertz CT molecular complexity index is 374. The zero-order valence-corrected chi connectivity index (χ0v) is 12.1. The van der Waals surface area contributed by atoms with Crippen molar-refractivity contribution in [2.45, 2.75) is 25.7 Å². The highest BCUT2D eigenvalue weighted by Gasteiger charge is 2.12. The lowest BCUT2D eigenvalue weighted by atomic mass is 10.2. The molecule has 1 N–H and O–H groups in total. The van der Waals surface area contributed by atoms with Gasteiger partial charge in [0.15, 0.2) is 0 Å². The van der Waals surface area contributed by atoms with Gasteiger partial charge in [0, 0.05) is 39.3 Å². The first-order valence-corrected chi connectivity index (χ1v) is 7.24. The van der Waals surface area contributed by atoms with Gasteiger partial charge in [0.25, 0.3) is 0 Å². The molecule has 0 atom stereocenters. The molecular weight excluding hydrogens is 238 g/mol. The van der Waals surface area contributed by atoms with Crippen molar-refractivity contribution < 1.29 is 0 Å². The molecule has 1 aromatic heterocycles. The Morgan fingerprint density at radius 3 is 2.63 bits per heavy atom. The summed E-state index contributed by atoms with van der Waals surface area (Å²) in [6.07, 6.45) is 6.92. The van der Waals surface area contributed by atoms with Gasteiger partial charge in [-0.1, -0.05) is 12.8 Å². The molecule has 0 radical (unpaired) electrons. The van der Waals surface area contributed by atoms with Crippen molar-refractivity contribution in [2.75, 3.05) is 50.1 Å². The van der Waals surface area contributed by atoms with Crippen LogP contribution < -0.4 is 15.1 Å². The Balaban J connectivity index is 2.04. The summed E-state index contributed by atoms with van der Waals surface area (Å²) in [7, 11) is 4.04. The van der Waals surface area contributed by atoms with E-state index in [1.165, 1.54) is 25.7 Å². The van der Waals surface area contributed by atoms with Gasteiger partial charge in [-0.3, -0.25) is 0 Å². The van der Waals surface area contributed by atoms with Gasteiger partial charge in [0.05, 0.1) is 0 Å². The van der Waals surface area contributed by atoms with E-state index in [-0.39, 0.29) is 0 Å². The summed E-state index contributed by atoms with van der Waals surface area (Å²) in [6, 6.07) is 2.11. The van der Waals surface area contributed by atoms with Crippen molar-refractivity contribution in [1.82, 2.24) is 15.3 Å². The normalized spacial score (nSPS) is 16.2. The maximum atomic E-state index is 4.44. The number of nitrogens with zero attached hydrogens (tertiary/aromatic N) is 4. The molecule has 1 aromatic rings. The van der Waals surface area contributed by atoms with Crippen molar-refractivity contribution >= 4 is 11.6 Å². The molecule has 0 bridgehead atoms. The Morgan fingerprint density at radius 2 is 1.95 bits per heavy atom. The molecule has 0 aliphatic carbocycles. The van der Waals surface area contributed by atoms with E-state index in [1.807, 2.05) is 7.05 Å². The predicted octanol–water partition coefficient (Wildman–Crippen LogP) is 1.51. The zero-order chi connectivity index (χ0) is 13.5. The molecule has 1 fully saturated rings. The van der Waals surface area contributed by atoms with Crippen molar-refractivity contribution in [3.8, 4) is 0 Å². The van der Waals surface area contributed by atoms with Gasteiger partial charge in [-0.15, -0.1) is 0 Å². The second-order valence-electron chi connectivity index (χ2n) is 5.16. The van der Waals surface area contributed by atoms with Crippen LogP contribution in [0.5, 0.6) is 0 Å². The van der Waals surface area contributed by atoms with Crippen LogP contribution in [0.2, 0.25) is 0 Å². The lowest BCUT2D eigenvalue weighted by molar-refractivity contribution is 0.726. The van der Waals surface area contributed by atoms with E-state index in [2.05, 4.69) is 38.2 Å². The molecule has 0 amide bonds. The van der Waals surface area contributed by atoms with Gasteiger partial charge in [-0.2, -0.15) is 0 Å². The number of hydrogen-bond acceptors (Lipinski definition) is 5. The van der Waals surface area contributed by atoms with Crippen molar-refractivity contribution in [3.05, 3.63) is 12.4 Å². The molecule has 0 aromatic carbocycles. The van der Waals surface area contributed by atoms with Crippen LogP contribution in [0.1, 0.15) is 25.7 Å². The molecule has 0 spiro atoms. The third-order valence-electron chi connectivity index (χ3n) is 3.66. The third-order valence-corrected chi connectivity index (χ3v) is 3.66. The van der Waals surface area contributed by atoms with Crippen molar-refractivity contribution in [1.29, 1.82) is 0 Å². The smallest absolute Gasteiger partial charge is 0.134 e. The van der Waals surface area contributed by atoms with Gasteiger partial charge in [0.1, 0.15) is 18.0 Å². The van der Waals surface area contributed by atoms with Crippen molar-refractivity contribution in [2.24, 2.45) is 0 Å². The maximum Gasteiger partial charge on any atom is 0.134 e. The number of anilines is 2. The highest BCUT2D eigenvalue weighted by molar-refractivity contribution is 5.49. The molecule has 106 valence electrons. The van der Waals surface area contributed by atoms with Gasteiger partial charge in [0.2, 0.25) is 0 Å².